The molecule has 0 radical (unpaired) electrons. The van der Waals surface area contributed by atoms with Crippen molar-refractivity contribution in [1.82, 2.24) is 0 Å². The van der Waals surface area contributed by atoms with Crippen LogP contribution in [-0.4, -0.2) is 7.11 Å². The molecule has 0 aliphatic carbocycles. The molecule has 0 aliphatic heterocycles. The van der Waals surface area contributed by atoms with Crippen LogP contribution >= 0.6 is 0 Å². The van der Waals surface area contributed by atoms with Gasteiger partial charge >= 0.3 is 0 Å². The highest BCUT2D eigenvalue weighted by Crippen LogP contribution is 2.30. The van der Waals surface area contributed by atoms with Gasteiger partial charge in [0.2, 0.25) is 0 Å². The van der Waals surface area contributed by atoms with Crippen molar-refractivity contribution in [1.29, 1.82) is 5.26 Å². The zero-order valence-corrected chi connectivity index (χ0v) is 11.8. The summed E-state index contributed by atoms with van der Waals surface area (Å²) in [6.45, 7) is 3.98. The Kier molecular flexibility index (Phi) is 3.81. The molecule has 0 unspecified atom stereocenters. The Labute approximate surface area is 118 Å². The number of rotatable bonds is 3. The van der Waals surface area contributed by atoms with Crippen molar-refractivity contribution < 1.29 is 4.74 Å². The Bertz CT molecular complexity index is 687. The van der Waals surface area contributed by atoms with E-state index in [1.807, 2.05) is 26.0 Å². The Morgan fingerprint density at radius 1 is 1.10 bits per heavy atom. The monoisotopic (exact) mass is 267 g/mol. The number of nitrogens with two attached hydrogens (primary N) is 1. The minimum atomic E-state index is 0.574. The highest BCUT2D eigenvalue weighted by Gasteiger charge is 2.07. The number of ether oxygens (including phenoxy) is 1. The molecule has 0 saturated carbocycles. The molecule has 0 heterocycles. The van der Waals surface area contributed by atoms with Crippen molar-refractivity contribution in [2.75, 3.05) is 18.2 Å². The minimum absolute atomic E-state index is 0.574. The molecule has 2 aromatic carbocycles. The summed E-state index contributed by atoms with van der Waals surface area (Å²) in [4.78, 5) is 0. The fourth-order valence-corrected chi connectivity index (χ4v) is 2.02. The average Bonchev–Trinajstić information content (AvgIpc) is 2.44. The van der Waals surface area contributed by atoms with Gasteiger partial charge in [-0.25, -0.2) is 0 Å². The van der Waals surface area contributed by atoms with Crippen LogP contribution in [0.1, 0.15) is 16.7 Å². The van der Waals surface area contributed by atoms with Gasteiger partial charge in [-0.05, 0) is 55.3 Å². The maximum absolute atomic E-state index is 8.95. The summed E-state index contributed by atoms with van der Waals surface area (Å²) in [5, 5.41) is 12.2. The van der Waals surface area contributed by atoms with Gasteiger partial charge in [0, 0.05) is 5.69 Å². The Morgan fingerprint density at radius 3 is 2.50 bits per heavy atom. The fourth-order valence-electron chi connectivity index (χ4n) is 2.02. The number of nitrogens with one attached hydrogen (secondary N) is 1. The molecule has 2 rings (SSSR count). The standard InChI is InChI=1S/C16H17N3O/c1-10-7-16(20-3)11(2)6-14(10)19-15-8-12(9-17)4-5-13(15)18/h4-8,19H,18H2,1-3H3. The van der Waals surface area contributed by atoms with Crippen LogP contribution < -0.4 is 15.8 Å². The first kappa shape index (κ1) is 13.8. The first-order chi connectivity index (χ1) is 9.55. The normalized spacial score (nSPS) is 9.90. The van der Waals surface area contributed by atoms with Crippen LogP contribution in [-0.2, 0) is 0 Å². The molecule has 3 N–H and O–H groups in total. The van der Waals surface area contributed by atoms with Crippen LogP contribution in [0.5, 0.6) is 5.75 Å². The van der Waals surface area contributed by atoms with E-state index in [2.05, 4.69) is 11.4 Å². The van der Waals surface area contributed by atoms with Gasteiger partial charge in [-0.3, -0.25) is 0 Å². The summed E-state index contributed by atoms with van der Waals surface area (Å²) in [6.07, 6.45) is 0. The number of aryl methyl sites for hydroxylation is 2. The second kappa shape index (κ2) is 5.54. The van der Waals surface area contributed by atoms with Crippen LogP contribution in [0, 0.1) is 25.2 Å². The van der Waals surface area contributed by atoms with E-state index < -0.39 is 0 Å². The lowest BCUT2D eigenvalue weighted by molar-refractivity contribution is 0.411. The zero-order chi connectivity index (χ0) is 14.7. The van der Waals surface area contributed by atoms with Crippen molar-refractivity contribution in [3.8, 4) is 11.8 Å². The summed E-state index contributed by atoms with van der Waals surface area (Å²) in [5.41, 5.74) is 10.9. The first-order valence-corrected chi connectivity index (χ1v) is 6.27. The Morgan fingerprint density at radius 2 is 1.85 bits per heavy atom. The number of methoxy groups -OCH3 is 1. The van der Waals surface area contributed by atoms with Crippen molar-refractivity contribution in [3.63, 3.8) is 0 Å². The van der Waals surface area contributed by atoms with E-state index in [0.29, 0.717) is 11.3 Å². The molecular weight excluding hydrogens is 250 g/mol. The van der Waals surface area contributed by atoms with Crippen molar-refractivity contribution in [2.45, 2.75) is 13.8 Å². The molecule has 20 heavy (non-hydrogen) atoms. The predicted molar refractivity (Wildman–Crippen MR) is 81.3 cm³/mol. The van der Waals surface area contributed by atoms with Gasteiger partial charge in [-0.15, -0.1) is 0 Å². The lowest BCUT2D eigenvalue weighted by Crippen LogP contribution is -2.00. The molecule has 0 spiro atoms. The Balaban J connectivity index is 2.40. The first-order valence-electron chi connectivity index (χ1n) is 6.27. The van der Waals surface area contributed by atoms with Crippen molar-refractivity contribution in [3.05, 3.63) is 47.0 Å². The fraction of sp³-hybridized carbons (Fsp3) is 0.188. The maximum Gasteiger partial charge on any atom is 0.122 e. The van der Waals surface area contributed by atoms with E-state index in [1.165, 1.54) is 0 Å². The molecular formula is C16H17N3O. The molecule has 2 aromatic rings. The molecule has 0 bridgehead atoms. The number of benzene rings is 2. The third-order valence-electron chi connectivity index (χ3n) is 3.19. The van der Waals surface area contributed by atoms with Gasteiger partial charge in [0.15, 0.2) is 0 Å². The SMILES string of the molecule is COc1cc(C)c(Nc2cc(C#N)ccc2N)cc1C. The number of nitriles is 1. The van der Waals surface area contributed by atoms with Crippen LogP contribution in [0.4, 0.5) is 17.1 Å². The number of nitrogen functional groups attached to an aromatic ring is 1. The van der Waals surface area contributed by atoms with E-state index in [4.69, 9.17) is 15.7 Å². The number of nitrogens with zero attached hydrogens (tertiary/aromatic N) is 1. The number of hydrogen-bond acceptors (Lipinski definition) is 4. The van der Waals surface area contributed by atoms with E-state index in [1.54, 1.807) is 25.3 Å². The molecule has 4 nitrogen and oxygen atoms in total. The maximum atomic E-state index is 8.95. The quantitative estimate of drug-likeness (QED) is 0.835. The van der Waals surface area contributed by atoms with E-state index in [-0.39, 0.29) is 0 Å². The smallest absolute Gasteiger partial charge is 0.122 e. The van der Waals surface area contributed by atoms with Crippen LogP contribution in [0.3, 0.4) is 0 Å². The lowest BCUT2D eigenvalue weighted by atomic mass is 10.1. The van der Waals surface area contributed by atoms with Gasteiger partial charge in [0.1, 0.15) is 5.75 Å². The van der Waals surface area contributed by atoms with Crippen LogP contribution in [0.25, 0.3) is 0 Å². The molecule has 4 heteroatoms. The van der Waals surface area contributed by atoms with E-state index in [0.717, 1.165) is 28.3 Å². The zero-order valence-electron chi connectivity index (χ0n) is 11.8. The van der Waals surface area contributed by atoms with Gasteiger partial charge < -0.3 is 15.8 Å². The third kappa shape index (κ3) is 2.67. The number of hydrogen-bond donors (Lipinski definition) is 2. The van der Waals surface area contributed by atoms with Gasteiger partial charge in [-0.1, -0.05) is 0 Å². The predicted octanol–water partition coefficient (Wildman–Crippen LogP) is 3.51. The largest absolute Gasteiger partial charge is 0.496 e. The van der Waals surface area contributed by atoms with Gasteiger partial charge in [0.05, 0.1) is 30.1 Å². The second-order valence-electron chi connectivity index (χ2n) is 4.68. The average molecular weight is 267 g/mol. The summed E-state index contributed by atoms with van der Waals surface area (Å²) in [5.74, 6) is 0.854. The highest BCUT2D eigenvalue weighted by molar-refractivity contribution is 5.76. The Hall–Kier alpha value is -2.67. The van der Waals surface area contributed by atoms with Crippen LogP contribution in [0.15, 0.2) is 30.3 Å². The second-order valence-corrected chi connectivity index (χ2v) is 4.68. The van der Waals surface area contributed by atoms with E-state index in [9.17, 15) is 0 Å². The third-order valence-corrected chi connectivity index (χ3v) is 3.19. The molecule has 0 fully saturated rings. The van der Waals surface area contributed by atoms with Crippen molar-refractivity contribution in [2.24, 2.45) is 0 Å². The lowest BCUT2D eigenvalue weighted by Gasteiger charge is -2.15. The van der Waals surface area contributed by atoms with Gasteiger partial charge in [0.25, 0.3) is 0 Å². The summed E-state index contributed by atoms with van der Waals surface area (Å²) >= 11 is 0. The molecule has 0 atom stereocenters. The molecule has 102 valence electrons. The highest BCUT2D eigenvalue weighted by atomic mass is 16.5. The molecule has 0 saturated heterocycles. The number of anilines is 3. The molecule has 0 amide bonds. The molecule has 0 aromatic heterocycles. The summed E-state index contributed by atoms with van der Waals surface area (Å²) in [7, 11) is 1.66. The summed E-state index contributed by atoms with van der Waals surface area (Å²) < 4.78 is 5.30. The topological polar surface area (TPSA) is 71.1 Å². The van der Waals surface area contributed by atoms with E-state index >= 15 is 0 Å². The summed E-state index contributed by atoms with van der Waals surface area (Å²) in [6, 6.07) is 11.3. The van der Waals surface area contributed by atoms with Gasteiger partial charge in [-0.2, -0.15) is 5.26 Å². The minimum Gasteiger partial charge on any atom is -0.496 e. The van der Waals surface area contributed by atoms with Crippen LogP contribution in [0.2, 0.25) is 0 Å². The molecule has 0 aliphatic rings. The van der Waals surface area contributed by atoms with Crippen molar-refractivity contribution >= 4 is 17.1 Å².